The zero-order chi connectivity index (χ0) is 14.8. The molecule has 0 radical (unpaired) electrons. The lowest BCUT2D eigenvalue weighted by molar-refractivity contribution is 0.0493. The second kappa shape index (κ2) is 5.69. The third-order valence-electron chi connectivity index (χ3n) is 3.72. The Labute approximate surface area is 122 Å². The summed E-state index contributed by atoms with van der Waals surface area (Å²) in [6, 6.07) is 3.60. The molecule has 0 N–H and O–H groups in total. The first kappa shape index (κ1) is 13.8. The van der Waals surface area contributed by atoms with Crippen molar-refractivity contribution < 1.29 is 14.1 Å². The van der Waals surface area contributed by atoms with E-state index in [4.69, 9.17) is 9.26 Å². The van der Waals surface area contributed by atoms with Crippen LogP contribution >= 0.6 is 0 Å². The lowest BCUT2D eigenvalue weighted by atomic mass is 10.1. The third kappa shape index (κ3) is 2.69. The van der Waals surface area contributed by atoms with E-state index in [0.717, 1.165) is 18.7 Å². The minimum absolute atomic E-state index is 0.00112. The minimum Gasteiger partial charge on any atom is -0.383 e. The van der Waals surface area contributed by atoms with E-state index < -0.39 is 0 Å². The highest BCUT2D eigenvalue weighted by Gasteiger charge is 2.30. The average molecular weight is 290 g/mol. The van der Waals surface area contributed by atoms with Crippen LogP contribution in [0.1, 0.15) is 28.4 Å². The summed E-state index contributed by atoms with van der Waals surface area (Å²) < 4.78 is 12.2. The van der Waals surface area contributed by atoms with Crippen molar-refractivity contribution in [2.45, 2.75) is 32.5 Å². The third-order valence-corrected chi connectivity index (χ3v) is 3.72. The van der Waals surface area contributed by atoms with Crippen LogP contribution in [0.15, 0.2) is 22.9 Å². The van der Waals surface area contributed by atoms with Crippen LogP contribution in [0, 0.1) is 6.92 Å². The van der Waals surface area contributed by atoms with Gasteiger partial charge in [0, 0.05) is 25.9 Å². The van der Waals surface area contributed by atoms with Crippen molar-refractivity contribution in [3.63, 3.8) is 0 Å². The van der Waals surface area contributed by atoms with E-state index in [0.29, 0.717) is 24.6 Å². The van der Waals surface area contributed by atoms with Crippen LogP contribution in [-0.4, -0.2) is 45.5 Å². The molecule has 0 saturated carbocycles. The number of amides is 1. The standard InChI is InChI=1S/C14H18N4O3/c1-10-7-13(16-21-10)14(19)17-8-11-3-5-15-18(11)6-4-12(17)9-20-2/h3,5,7,12H,4,6,8-9H2,1-2H3/t12-/m1/s1. The van der Waals surface area contributed by atoms with Crippen molar-refractivity contribution in [3.05, 3.63) is 35.5 Å². The molecular weight excluding hydrogens is 272 g/mol. The quantitative estimate of drug-likeness (QED) is 0.850. The van der Waals surface area contributed by atoms with Gasteiger partial charge in [-0.05, 0) is 19.4 Å². The molecule has 1 amide bonds. The Bertz CT molecular complexity index is 634. The molecule has 7 nitrogen and oxygen atoms in total. The van der Waals surface area contributed by atoms with Gasteiger partial charge >= 0.3 is 0 Å². The fourth-order valence-electron chi connectivity index (χ4n) is 2.64. The van der Waals surface area contributed by atoms with Crippen LogP contribution in [-0.2, 0) is 17.8 Å². The topological polar surface area (TPSA) is 73.4 Å². The lowest BCUT2D eigenvalue weighted by Crippen LogP contribution is -2.41. The highest BCUT2D eigenvalue weighted by Crippen LogP contribution is 2.20. The first-order valence-electron chi connectivity index (χ1n) is 6.93. The number of rotatable bonds is 3. The summed E-state index contributed by atoms with van der Waals surface area (Å²) in [6.07, 6.45) is 2.56. The molecule has 3 heterocycles. The van der Waals surface area contributed by atoms with Crippen LogP contribution < -0.4 is 0 Å². The van der Waals surface area contributed by atoms with E-state index in [-0.39, 0.29) is 11.9 Å². The van der Waals surface area contributed by atoms with Crippen molar-refractivity contribution in [1.29, 1.82) is 0 Å². The normalized spacial score (nSPS) is 18.4. The largest absolute Gasteiger partial charge is 0.383 e. The summed E-state index contributed by atoms with van der Waals surface area (Å²) in [5.41, 5.74) is 1.35. The molecule has 1 aliphatic rings. The molecule has 1 aliphatic heterocycles. The van der Waals surface area contributed by atoms with Crippen LogP contribution in [0.5, 0.6) is 0 Å². The van der Waals surface area contributed by atoms with E-state index >= 15 is 0 Å². The van der Waals surface area contributed by atoms with Crippen molar-refractivity contribution in [3.8, 4) is 0 Å². The number of carbonyl (C=O) groups is 1. The van der Waals surface area contributed by atoms with Gasteiger partial charge in [0.1, 0.15) is 5.76 Å². The van der Waals surface area contributed by atoms with Crippen molar-refractivity contribution in [2.75, 3.05) is 13.7 Å². The van der Waals surface area contributed by atoms with E-state index in [1.807, 2.05) is 10.7 Å². The number of aryl methyl sites for hydroxylation is 2. The number of nitrogens with zero attached hydrogens (tertiary/aromatic N) is 4. The average Bonchev–Trinajstić information content (AvgIpc) is 3.06. The Morgan fingerprint density at radius 1 is 1.57 bits per heavy atom. The summed E-state index contributed by atoms with van der Waals surface area (Å²) in [4.78, 5) is 14.5. The Morgan fingerprint density at radius 3 is 3.14 bits per heavy atom. The fraction of sp³-hybridized carbons (Fsp3) is 0.500. The van der Waals surface area contributed by atoms with Gasteiger partial charge in [0.15, 0.2) is 5.69 Å². The SMILES string of the molecule is COC[C@H]1CCn2nccc2CN1C(=O)c1cc(C)on1. The van der Waals surface area contributed by atoms with Crippen molar-refractivity contribution >= 4 is 5.91 Å². The molecule has 0 aliphatic carbocycles. The first-order chi connectivity index (χ1) is 10.2. The van der Waals surface area contributed by atoms with Crippen molar-refractivity contribution in [1.82, 2.24) is 19.8 Å². The zero-order valence-electron chi connectivity index (χ0n) is 12.2. The maximum atomic E-state index is 12.7. The zero-order valence-corrected chi connectivity index (χ0v) is 12.2. The monoisotopic (exact) mass is 290 g/mol. The predicted octanol–water partition coefficient (Wildman–Crippen LogP) is 1.24. The lowest BCUT2D eigenvalue weighted by Gasteiger charge is -2.28. The summed E-state index contributed by atoms with van der Waals surface area (Å²) in [5, 5.41) is 8.12. The summed E-state index contributed by atoms with van der Waals surface area (Å²) in [7, 11) is 1.65. The highest BCUT2D eigenvalue weighted by atomic mass is 16.5. The maximum absolute atomic E-state index is 12.7. The smallest absolute Gasteiger partial charge is 0.276 e. The van der Waals surface area contributed by atoms with Crippen LogP contribution in [0.25, 0.3) is 0 Å². The summed E-state index contributed by atoms with van der Waals surface area (Å²) in [6.45, 7) is 3.54. The van der Waals surface area contributed by atoms with Crippen LogP contribution in [0.3, 0.4) is 0 Å². The van der Waals surface area contributed by atoms with Crippen molar-refractivity contribution in [2.24, 2.45) is 0 Å². The minimum atomic E-state index is -0.136. The van der Waals surface area contributed by atoms with Gasteiger partial charge in [-0.25, -0.2) is 0 Å². The molecule has 0 spiro atoms. The fourth-order valence-corrected chi connectivity index (χ4v) is 2.64. The van der Waals surface area contributed by atoms with Gasteiger partial charge in [0.25, 0.3) is 5.91 Å². The van der Waals surface area contributed by atoms with Gasteiger partial charge in [-0.3, -0.25) is 9.48 Å². The molecule has 0 fully saturated rings. The Balaban J connectivity index is 1.89. The Morgan fingerprint density at radius 2 is 2.43 bits per heavy atom. The number of fused-ring (bicyclic) bond motifs is 1. The number of aromatic nitrogens is 3. The van der Waals surface area contributed by atoms with Gasteiger partial charge in [0.2, 0.25) is 0 Å². The molecule has 0 bridgehead atoms. The van der Waals surface area contributed by atoms with Crippen LogP contribution in [0.2, 0.25) is 0 Å². The predicted molar refractivity (Wildman–Crippen MR) is 73.6 cm³/mol. The summed E-state index contributed by atoms with van der Waals surface area (Å²) in [5.74, 6) is 0.491. The summed E-state index contributed by atoms with van der Waals surface area (Å²) >= 11 is 0. The van der Waals surface area contributed by atoms with Crippen LogP contribution in [0.4, 0.5) is 0 Å². The van der Waals surface area contributed by atoms with Gasteiger partial charge in [-0.2, -0.15) is 5.10 Å². The second-order valence-electron chi connectivity index (χ2n) is 5.20. The highest BCUT2D eigenvalue weighted by molar-refractivity contribution is 5.92. The Kier molecular flexibility index (Phi) is 3.74. The molecule has 0 unspecified atom stereocenters. The molecule has 1 atom stereocenters. The number of hydrogen-bond acceptors (Lipinski definition) is 5. The molecule has 112 valence electrons. The van der Waals surface area contributed by atoms with E-state index in [1.54, 1.807) is 31.2 Å². The second-order valence-corrected chi connectivity index (χ2v) is 5.20. The molecular formula is C14H18N4O3. The number of methoxy groups -OCH3 is 1. The van der Waals surface area contributed by atoms with Gasteiger partial charge in [0.05, 0.1) is 24.9 Å². The number of carbonyl (C=O) groups excluding carboxylic acids is 1. The first-order valence-corrected chi connectivity index (χ1v) is 6.93. The molecule has 0 aromatic carbocycles. The van der Waals surface area contributed by atoms with E-state index in [9.17, 15) is 4.79 Å². The number of ether oxygens (including phenoxy) is 1. The molecule has 3 rings (SSSR count). The van der Waals surface area contributed by atoms with E-state index in [1.165, 1.54) is 0 Å². The maximum Gasteiger partial charge on any atom is 0.276 e. The molecule has 7 heteroatoms. The van der Waals surface area contributed by atoms with E-state index in [2.05, 4.69) is 10.3 Å². The molecule has 21 heavy (non-hydrogen) atoms. The van der Waals surface area contributed by atoms with Gasteiger partial charge in [-0.1, -0.05) is 5.16 Å². The molecule has 0 saturated heterocycles. The van der Waals surface area contributed by atoms with Gasteiger partial charge < -0.3 is 14.2 Å². The van der Waals surface area contributed by atoms with Gasteiger partial charge in [-0.15, -0.1) is 0 Å². The molecule has 2 aromatic rings. The number of hydrogen-bond donors (Lipinski definition) is 0. The Hall–Kier alpha value is -2.15. The molecule has 2 aromatic heterocycles.